The van der Waals surface area contributed by atoms with E-state index in [0.29, 0.717) is 19.8 Å². The van der Waals surface area contributed by atoms with Gasteiger partial charge in [0.25, 0.3) is 0 Å². The summed E-state index contributed by atoms with van der Waals surface area (Å²) >= 11 is 0. The first-order chi connectivity index (χ1) is 13.5. The average molecular weight is 389 g/mol. The zero-order valence-corrected chi connectivity index (χ0v) is 17.3. The van der Waals surface area contributed by atoms with Crippen molar-refractivity contribution in [2.75, 3.05) is 26.9 Å². The molecule has 2 aromatic carbocycles. The lowest BCUT2D eigenvalue weighted by Crippen LogP contribution is -2.53. The number of carbonyl (C=O) groups is 1. The van der Waals surface area contributed by atoms with Crippen LogP contribution in [-0.4, -0.2) is 56.1 Å². The molecule has 28 heavy (non-hydrogen) atoms. The monoisotopic (exact) mass is 388 g/mol. The second-order valence-electron chi connectivity index (χ2n) is 6.69. The number of nitrogens with zero attached hydrogens (tertiary/aromatic N) is 1. The second-order valence-corrected chi connectivity index (χ2v) is 6.69. The van der Waals surface area contributed by atoms with Crippen molar-refractivity contribution in [3.05, 3.63) is 48.0 Å². The van der Waals surface area contributed by atoms with E-state index in [9.17, 15) is 4.79 Å². The molecule has 0 unspecified atom stereocenters. The fraction of sp³-hybridized carbons (Fsp3) is 0.500. The van der Waals surface area contributed by atoms with E-state index >= 15 is 0 Å². The van der Waals surface area contributed by atoms with Crippen LogP contribution in [0.4, 0.5) is 0 Å². The maximum Gasteiger partial charge on any atom is 0.242 e. The number of amides is 1. The normalized spacial score (nSPS) is 13.6. The molecule has 0 saturated carbocycles. The van der Waals surface area contributed by atoms with Crippen molar-refractivity contribution in [1.82, 2.24) is 4.90 Å². The summed E-state index contributed by atoms with van der Waals surface area (Å²) in [5.41, 5.74) is 7.13. The molecule has 6 nitrogen and oxygen atoms in total. The van der Waals surface area contributed by atoms with E-state index < -0.39 is 12.3 Å². The molecule has 0 bridgehead atoms. The van der Waals surface area contributed by atoms with Gasteiger partial charge in [-0.15, -0.1) is 0 Å². The molecular weight excluding hydrogens is 356 g/mol. The number of nitrogens with two attached hydrogens (primary N) is 1. The van der Waals surface area contributed by atoms with Crippen molar-refractivity contribution in [1.29, 1.82) is 0 Å². The molecule has 1 amide bonds. The summed E-state index contributed by atoms with van der Waals surface area (Å²) in [5.74, 6) is -0.188. The van der Waals surface area contributed by atoms with Crippen molar-refractivity contribution in [3.8, 4) is 0 Å². The number of ether oxygens (including phenoxy) is 3. The van der Waals surface area contributed by atoms with Gasteiger partial charge in [-0.3, -0.25) is 4.79 Å². The fourth-order valence-corrected chi connectivity index (χ4v) is 3.30. The zero-order valence-electron chi connectivity index (χ0n) is 17.3. The van der Waals surface area contributed by atoms with E-state index in [0.717, 1.165) is 16.3 Å². The van der Waals surface area contributed by atoms with Crippen molar-refractivity contribution in [2.24, 2.45) is 5.73 Å². The molecule has 0 aliphatic carbocycles. The van der Waals surface area contributed by atoms with Crippen LogP contribution in [0.25, 0.3) is 10.8 Å². The highest BCUT2D eigenvalue weighted by atomic mass is 16.7. The largest absolute Gasteiger partial charge is 0.383 e. The summed E-state index contributed by atoms with van der Waals surface area (Å²) in [7, 11) is 1.54. The molecule has 0 radical (unpaired) electrons. The minimum absolute atomic E-state index is 0.158. The average Bonchev–Trinajstić information content (AvgIpc) is 2.71. The van der Waals surface area contributed by atoms with Crippen LogP contribution >= 0.6 is 0 Å². The van der Waals surface area contributed by atoms with Gasteiger partial charge in [-0.25, -0.2) is 0 Å². The first-order valence-corrected chi connectivity index (χ1v) is 9.78. The number of benzene rings is 2. The molecule has 2 atom stereocenters. The van der Waals surface area contributed by atoms with Gasteiger partial charge in [0.1, 0.15) is 6.04 Å². The number of rotatable bonds is 11. The van der Waals surface area contributed by atoms with E-state index in [2.05, 4.69) is 18.2 Å². The van der Waals surface area contributed by atoms with Crippen LogP contribution in [0.1, 0.15) is 26.3 Å². The molecule has 2 N–H and O–H groups in total. The molecule has 0 aliphatic heterocycles. The zero-order chi connectivity index (χ0) is 20.5. The molecule has 2 aromatic rings. The van der Waals surface area contributed by atoms with E-state index in [1.165, 1.54) is 7.11 Å². The predicted octanol–water partition coefficient (Wildman–Crippen LogP) is 2.93. The maximum absolute atomic E-state index is 13.1. The first kappa shape index (κ1) is 22.3. The molecule has 0 fully saturated rings. The third kappa shape index (κ3) is 5.52. The van der Waals surface area contributed by atoms with Gasteiger partial charge >= 0.3 is 0 Å². The molecule has 2 rings (SSSR count). The maximum atomic E-state index is 13.1. The number of hydrogen-bond acceptors (Lipinski definition) is 5. The number of carbonyl (C=O) groups excluding carboxylic acids is 1. The Morgan fingerprint density at radius 1 is 1.07 bits per heavy atom. The minimum atomic E-state index is -0.744. The molecule has 0 saturated heterocycles. The SMILES string of the molecule is CCOC(OCC)[C@H](C)N(Cc1cccc2ccccc12)C(=O)[C@@H](N)COC. The highest BCUT2D eigenvalue weighted by molar-refractivity contribution is 5.87. The van der Waals surface area contributed by atoms with Crippen molar-refractivity contribution < 1.29 is 19.0 Å². The smallest absolute Gasteiger partial charge is 0.242 e. The topological polar surface area (TPSA) is 74.0 Å². The Hall–Kier alpha value is -1.99. The van der Waals surface area contributed by atoms with Gasteiger partial charge in [-0.1, -0.05) is 42.5 Å². The van der Waals surface area contributed by atoms with Crippen molar-refractivity contribution in [3.63, 3.8) is 0 Å². The molecule has 0 aromatic heterocycles. The third-order valence-electron chi connectivity index (χ3n) is 4.71. The Bertz CT molecular complexity index is 741. The van der Waals surface area contributed by atoms with Gasteiger partial charge < -0.3 is 24.8 Å². The Labute approximate surface area is 167 Å². The standard InChI is InChI=1S/C22H32N2O4/c1-5-27-22(28-6-2)16(3)24(21(25)20(23)15-26-4)14-18-12-9-11-17-10-7-8-13-19(17)18/h7-13,16,20,22H,5-6,14-15,23H2,1-4H3/t16-,20-/m0/s1. The summed E-state index contributed by atoms with van der Waals surface area (Å²) in [6, 6.07) is 13.2. The lowest BCUT2D eigenvalue weighted by Gasteiger charge is -2.36. The fourth-order valence-electron chi connectivity index (χ4n) is 3.30. The highest BCUT2D eigenvalue weighted by Crippen LogP contribution is 2.22. The quantitative estimate of drug-likeness (QED) is 0.599. The van der Waals surface area contributed by atoms with Crippen LogP contribution in [0.5, 0.6) is 0 Å². The van der Waals surface area contributed by atoms with Gasteiger partial charge in [0.2, 0.25) is 5.91 Å². The lowest BCUT2D eigenvalue weighted by atomic mass is 10.0. The Balaban J connectivity index is 2.37. The molecular formula is C22H32N2O4. The van der Waals surface area contributed by atoms with Crippen molar-refractivity contribution in [2.45, 2.75) is 45.7 Å². The highest BCUT2D eigenvalue weighted by Gasteiger charge is 2.31. The summed E-state index contributed by atoms with van der Waals surface area (Å²) in [6.07, 6.45) is -0.524. The number of fused-ring (bicyclic) bond motifs is 1. The number of hydrogen-bond donors (Lipinski definition) is 1. The molecule has 6 heteroatoms. The van der Waals surface area contributed by atoms with E-state index in [1.807, 2.05) is 45.0 Å². The molecule has 0 spiro atoms. The first-order valence-electron chi connectivity index (χ1n) is 9.78. The van der Waals surface area contributed by atoms with Gasteiger partial charge in [0.05, 0.1) is 12.6 Å². The minimum Gasteiger partial charge on any atom is -0.383 e. The lowest BCUT2D eigenvalue weighted by molar-refractivity contribution is -0.179. The Kier molecular flexibility index (Phi) is 8.86. The van der Waals surface area contributed by atoms with Crippen LogP contribution < -0.4 is 5.73 Å². The number of methoxy groups -OCH3 is 1. The summed E-state index contributed by atoms with van der Waals surface area (Å²) in [4.78, 5) is 14.9. The molecule has 154 valence electrons. The van der Waals surface area contributed by atoms with Crippen LogP contribution in [0.3, 0.4) is 0 Å². The van der Waals surface area contributed by atoms with Crippen LogP contribution in [-0.2, 0) is 25.5 Å². The van der Waals surface area contributed by atoms with Crippen LogP contribution in [0, 0.1) is 0 Å². The van der Waals surface area contributed by atoms with E-state index in [-0.39, 0.29) is 18.6 Å². The van der Waals surface area contributed by atoms with Gasteiger partial charge in [0, 0.05) is 26.9 Å². The van der Waals surface area contributed by atoms with Gasteiger partial charge in [-0.2, -0.15) is 0 Å². The van der Waals surface area contributed by atoms with Crippen LogP contribution in [0.2, 0.25) is 0 Å². The summed E-state index contributed by atoms with van der Waals surface area (Å²) in [6.45, 7) is 7.31. The van der Waals surface area contributed by atoms with Crippen LogP contribution in [0.15, 0.2) is 42.5 Å². The molecule has 0 heterocycles. The second kappa shape index (κ2) is 11.1. The summed E-state index contributed by atoms with van der Waals surface area (Å²) < 4.78 is 16.6. The Morgan fingerprint density at radius 3 is 2.36 bits per heavy atom. The van der Waals surface area contributed by atoms with E-state index in [4.69, 9.17) is 19.9 Å². The third-order valence-corrected chi connectivity index (χ3v) is 4.71. The summed E-state index contributed by atoms with van der Waals surface area (Å²) in [5, 5.41) is 2.24. The van der Waals surface area contributed by atoms with Gasteiger partial charge in [-0.05, 0) is 37.1 Å². The Morgan fingerprint density at radius 2 is 1.71 bits per heavy atom. The van der Waals surface area contributed by atoms with E-state index in [1.54, 1.807) is 4.90 Å². The molecule has 0 aliphatic rings. The van der Waals surface area contributed by atoms with Gasteiger partial charge in [0.15, 0.2) is 6.29 Å². The predicted molar refractivity (Wildman–Crippen MR) is 111 cm³/mol. The van der Waals surface area contributed by atoms with Crippen molar-refractivity contribution >= 4 is 16.7 Å².